The average Bonchev–Trinajstić information content (AvgIpc) is 3.15. The van der Waals surface area contributed by atoms with Crippen LogP contribution in [0.5, 0.6) is 0 Å². The number of nitrogens with zero attached hydrogens (tertiary/aromatic N) is 2. The van der Waals surface area contributed by atoms with Gasteiger partial charge in [0, 0.05) is 30.9 Å². The van der Waals surface area contributed by atoms with Crippen molar-refractivity contribution in [3.05, 3.63) is 77.6 Å². The normalized spacial score (nSPS) is 11.8. The third kappa shape index (κ3) is 5.52. The fourth-order valence-electron chi connectivity index (χ4n) is 2.99. The second-order valence-corrected chi connectivity index (χ2v) is 6.95. The Hall–Kier alpha value is -3.45. The summed E-state index contributed by atoms with van der Waals surface area (Å²) in [7, 11) is 1.89. The van der Waals surface area contributed by atoms with Crippen molar-refractivity contribution in [1.82, 2.24) is 15.1 Å². The van der Waals surface area contributed by atoms with Gasteiger partial charge in [0.1, 0.15) is 6.04 Å². The summed E-state index contributed by atoms with van der Waals surface area (Å²) in [4.78, 5) is 23.1. The highest BCUT2D eigenvalue weighted by molar-refractivity contribution is 5.94. The van der Waals surface area contributed by atoms with Crippen molar-refractivity contribution >= 4 is 11.9 Å². The van der Waals surface area contributed by atoms with Gasteiger partial charge in [0.15, 0.2) is 0 Å². The van der Waals surface area contributed by atoms with E-state index in [9.17, 15) is 9.59 Å². The second kappa shape index (κ2) is 9.16. The van der Waals surface area contributed by atoms with Gasteiger partial charge in [-0.05, 0) is 41.7 Å². The minimum atomic E-state index is -1.04. The molecule has 1 atom stereocenters. The molecule has 1 aromatic heterocycles. The van der Waals surface area contributed by atoms with Crippen LogP contribution >= 0.6 is 0 Å². The van der Waals surface area contributed by atoms with E-state index in [2.05, 4.69) is 34.7 Å². The smallest absolute Gasteiger partial charge is 0.320 e. The molecule has 4 N–H and O–H groups in total. The topological polar surface area (TPSA) is 110 Å². The number of carboxylic acid groups (broad SMARTS) is 1. The summed E-state index contributed by atoms with van der Waals surface area (Å²) in [6.45, 7) is 0.525. The van der Waals surface area contributed by atoms with Gasteiger partial charge in [-0.15, -0.1) is 0 Å². The van der Waals surface area contributed by atoms with E-state index < -0.39 is 12.0 Å². The van der Waals surface area contributed by atoms with Crippen LogP contribution in [-0.4, -0.2) is 39.4 Å². The van der Waals surface area contributed by atoms with Crippen LogP contribution < -0.4 is 11.1 Å². The summed E-state index contributed by atoms with van der Waals surface area (Å²) in [5, 5.41) is 15.9. The van der Waals surface area contributed by atoms with Crippen LogP contribution in [0.1, 0.15) is 21.5 Å². The number of carbonyl (C=O) groups is 2. The molecule has 0 saturated carbocycles. The molecule has 0 aliphatic rings. The third-order valence-corrected chi connectivity index (χ3v) is 4.68. The van der Waals surface area contributed by atoms with Gasteiger partial charge in [-0.1, -0.05) is 36.4 Å². The summed E-state index contributed by atoms with van der Waals surface area (Å²) in [6.07, 6.45) is 4.75. The number of carboxylic acids is 1. The number of carbonyl (C=O) groups excluding carboxylic acids is 1. The molecule has 7 heteroatoms. The predicted octanol–water partition coefficient (Wildman–Crippen LogP) is 2.01. The lowest BCUT2D eigenvalue weighted by Gasteiger charge is -2.08. The first-order chi connectivity index (χ1) is 13.9. The molecule has 0 spiro atoms. The standard InChI is InChI=1S/C22H24N4O3/c1-26-14-19(13-25-26)17-6-2-15(3-7-17)10-11-24-21(27)18-8-4-16(5-9-18)12-20(23)22(28)29/h2-9,13-14,20H,10-12,23H2,1H3,(H,24,27)(H,28,29)/t20-/m0/s1. The Balaban J connectivity index is 1.48. The van der Waals surface area contributed by atoms with Crippen molar-refractivity contribution in [3.8, 4) is 11.1 Å². The van der Waals surface area contributed by atoms with E-state index in [1.54, 1.807) is 28.9 Å². The largest absolute Gasteiger partial charge is 0.480 e. The molecule has 150 valence electrons. The summed E-state index contributed by atoms with van der Waals surface area (Å²) >= 11 is 0. The average molecular weight is 392 g/mol. The number of aliphatic carboxylic acids is 1. The maximum atomic E-state index is 12.3. The molecule has 0 unspecified atom stereocenters. The van der Waals surface area contributed by atoms with Crippen molar-refractivity contribution < 1.29 is 14.7 Å². The minimum absolute atomic E-state index is 0.161. The van der Waals surface area contributed by atoms with Gasteiger partial charge in [0.25, 0.3) is 5.91 Å². The molecular formula is C22H24N4O3. The molecule has 2 aromatic carbocycles. The van der Waals surface area contributed by atoms with Crippen LogP contribution in [0.4, 0.5) is 0 Å². The highest BCUT2D eigenvalue weighted by Gasteiger charge is 2.12. The molecular weight excluding hydrogens is 368 g/mol. The Kier molecular flexibility index (Phi) is 6.41. The zero-order valence-electron chi connectivity index (χ0n) is 16.2. The Morgan fingerprint density at radius 3 is 2.31 bits per heavy atom. The number of hydrogen-bond donors (Lipinski definition) is 3. The van der Waals surface area contributed by atoms with Crippen molar-refractivity contribution in [3.63, 3.8) is 0 Å². The lowest BCUT2D eigenvalue weighted by molar-refractivity contribution is -0.138. The van der Waals surface area contributed by atoms with Gasteiger partial charge >= 0.3 is 5.97 Å². The fourth-order valence-corrected chi connectivity index (χ4v) is 2.99. The predicted molar refractivity (Wildman–Crippen MR) is 110 cm³/mol. The number of aromatic nitrogens is 2. The Labute approximate surface area is 169 Å². The number of aryl methyl sites for hydroxylation is 1. The van der Waals surface area contributed by atoms with Crippen LogP contribution in [0.3, 0.4) is 0 Å². The zero-order valence-corrected chi connectivity index (χ0v) is 16.2. The van der Waals surface area contributed by atoms with Crippen LogP contribution in [-0.2, 0) is 24.7 Å². The SMILES string of the molecule is Cn1cc(-c2ccc(CCNC(=O)c3ccc(C[C@H](N)C(=O)O)cc3)cc2)cn1. The second-order valence-electron chi connectivity index (χ2n) is 6.95. The lowest BCUT2D eigenvalue weighted by atomic mass is 10.0. The highest BCUT2D eigenvalue weighted by Crippen LogP contribution is 2.18. The molecule has 0 aliphatic heterocycles. The summed E-state index contributed by atoms with van der Waals surface area (Å²) in [5.74, 6) is -1.20. The first-order valence-electron chi connectivity index (χ1n) is 9.36. The molecule has 1 amide bonds. The number of rotatable bonds is 8. The van der Waals surface area contributed by atoms with Gasteiger partial charge in [0.05, 0.1) is 6.20 Å². The number of nitrogens with one attached hydrogen (secondary N) is 1. The first-order valence-corrected chi connectivity index (χ1v) is 9.36. The van der Waals surface area contributed by atoms with Crippen LogP contribution in [0, 0.1) is 0 Å². The molecule has 0 aliphatic carbocycles. The van der Waals surface area contributed by atoms with Crippen molar-refractivity contribution in [1.29, 1.82) is 0 Å². The van der Waals surface area contributed by atoms with E-state index in [0.29, 0.717) is 12.1 Å². The van der Waals surface area contributed by atoms with E-state index in [1.807, 2.05) is 19.4 Å². The monoisotopic (exact) mass is 392 g/mol. The number of nitrogens with two attached hydrogens (primary N) is 1. The maximum absolute atomic E-state index is 12.3. The lowest BCUT2D eigenvalue weighted by Crippen LogP contribution is -2.32. The maximum Gasteiger partial charge on any atom is 0.320 e. The summed E-state index contributed by atoms with van der Waals surface area (Å²) < 4.78 is 1.77. The van der Waals surface area contributed by atoms with Gasteiger partial charge in [-0.25, -0.2) is 0 Å². The van der Waals surface area contributed by atoms with Gasteiger partial charge < -0.3 is 16.2 Å². The fraction of sp³-hybridized carbons (Fsp3) is 0.227. The Bertz CT molecular complexity index is 978. The van der Waals surface area contributed by atoms with E-state index in [4.69, 9.17) is 10.8 Å². The van der Waals surface area contributed by atoms with E-state index in [-0.39, 0.29) is 12.3 Å². The van der Waals surface area contributed by atoms with E-state index in [1.165, 1.54) is 0 Å². The minimum Gasteiger partial charge on any atom is -0.480 e. The summed E-state index contributed by atoms with van der Waals surface area (Å²) in [5.41, 5.74) is 10.2. The first kappa shape index (κ1) is 20.3. The van der Waals surface area contributed by atoms with Crippen LogP contribution in [0.25, 0.3) is 11.1 Å². The number of benzene rings is 2. The summed E-state index contributed by atoms with van der Waals surface area (Å²) in [6, 6.07) is 14.1. The van der Waals surface area contributed by atoms with Crippen molar-refractivity contribution in [2.45, 2.75) is 18.9 Å². The molecule has 7 nitrogen and oxygen atoms in total. The van der Waals surface area contributed by atoms with E-state index >= 15 is 0 Å². The molecule has 3 rings (SSSR count). The molecule has 29 heavy (non-hydrogen) atoms. The number of amides is 1. The zero-order chi connectivity index (χ0) is 20.8. The number of hydrogen-bond acceptors (Lipinski definition) is 4. The third-order valence-electron chi connectivity index (χ3n) is 4.68. The van der Waals surface area contributed by atoms with Gasteiger partial charge in [-0.3, -0.25) is 14.3 Å². The highest BCUT2D eigenvalue weighted by atomic mass is 16.4. The van der Waals surface area contributed by atoms with Gasteiger partial charge in [-0.2, -0.15) is 5.10 Å². The molecule has 3 aromatic rings. The van der Waals surface area contributed by atoms with Crippen LogP contribution in [0.15, 0.2) is 60.9 Å². The van der Waals surface area contributed by atoms with Crippen molar-refractivity contribution in [2.75, 3.05) is 6.54 Å². The Morgan fingerprint density at radius 2 is 1.72 bits per heavy atom. The van der Waals surface area contributed by atoms with Gasteiger partial charge in [0.2, 0.25) is 0 Å². The molecule has 1 heterocycles. The van der Waals surface area contributed by atoms with Crippen LogP contribution in [0.2, 0.25) is 0 Å². The molecule has 0 radical (unpaired) electrons. The Morgan fingerprint density at radius 1 is 1.07 bits per heavy atom. The molecule has 0 bridgehead atoms. The molecule has 0 saturated heterocycles. The van der Waals surface area contributed by atoms with E-state index in [0.717, 1.165) is 28.7 Å². The molecule has 0 fully saturated rings. The quantitative estimate of drug-likeness (QED) is 0.543. The van der Waals surface area contributed by atoms with Crippen molar-refractivity contribution in [2.24, 2.45) is 12.8 Å².